The normalized spacial score (nSPS) is 12.0. The van der Waals surface area contributed by atoms with Crippen molar-refractivity contribution in [2.75, 3.05) is 9.44 Å². The first kappa shape index (κ1) is 23.8. The molecule has 0 radical (unpaired) electrons. The average molecular weight is 495 g/mol. The number of fused-ring (bicyclic) bond motifs is 1. The molecular weight excluding hydrogens is 468 g/mol. The molecule has 8 heteroatoms. The molecule has 0 saturated heterocycles. The van der Waals surface area contributed by atoms with Crippen LogP contribution in [0.1, 0.15) is 22.3 Å². The zero-order chi connectivity index (χ0) is 24.7. The number of anilines is 2. The molecule has 0 unspecified atom stereocenters. The van der Waals surface area contributed by atoms with Gasteiger partial charge in [0.2, 0.25) is 0 Å². The second-order valence-corrected chi connectivity index (χ2v) is 11.7. The zero-order valence-electron chi connectivity index (χ0n) is 19.4. The van der Waals surface area contributed by atoms with Crippen LogP contribution in [0.2, 0.25) is 0 Å². The molecule has 0 spiro atoms. The van der Waals surface area contributed by atoms with Crippen LogP contribution in [0.5, 0.6) is 0 Å². The number of benzene rings is 4. The Morgan fingerprint density at radius 2 is 1.03 bits per heavy atom. The first-order valence-corrected chi connectivity index (χ1v) is 13.7. The Morgan fingerprint density at radius 3 is 1.56 bits per heavy atom. The van der Waals surface area contributed by atoms with Gasteiger partial charge in [-0.15, -0.1) is 0 Å². The lowest BCUT2D eigenvalue weighted by Gasteiger charge is -2.17. The predicted molar refractivity (Wildman–Crippen MR) is 137 cm³/mol. The van der Waals surface area contributed by atoms with Crippen LogP contribution in [-0.4, -0.2) is 16.8 Å². The Hall–Kier alpha value is -3.36. The summed E-state index contributed by atoms with van der Waals surface area (Å²) in [6.45, 7) is 7.27. The van der Waals surface area contributed by atoms with E-state index in [0.29, 0.717) is 22.1 Å². The Bertz CT molecular complexity index is 1590. The van der Waals surface area contributed by atoms with E-state index < -0.39 is 20.0 Å². The second-order valence-electron chi connectivity index (χ2n) is 8.39. The van der Waals surface area contributed by atoms with Crippen molar-refractivity contribution in [2.24, 2.45) is 0 Å². The molecule has 0 aliphatic carbocycles. The van der Waals surface area contributed by atoms with Crippen LogP contribution in [0, 0.1) is 27.7 Å². The van der Waals surface area contributed by atoms with Crippen LogP contribution in [0.25, 0.3) is 10.8 Å². The molecule has 2 N–H and O–H groups in total. The highest BCUT2D eigenvalue weighted by Gasteiger charge is 2.25. The lowest BCUT2D eigenvalue weighted by molar-refractivity contribution is 0.600. The van der Waals surface area contributed by atoms with Crippen molar-refractivity contribution in [3.8, 4) is 0 Å². The van der Waals surface area contributed by atoms with Gasteiger partial charge in [-0.1, -0.05) is 60.7 Å². The number of aryl methyl sites for hydroxylation is 4. The van der Waals surface area contributed by atoms with Crippen LogP contribution in [0.3, 0.4) is 0 Å². The molecule has 0 aliphatic heterocycles. The van der Waals surface area contributed by atoms with Gasteiger partial charge in [0.25, 0.3) is 20.0 Å². The molecule has 0 fully saturated rings. The van der Waals surface area contributed by atoms with Gasteiger partial charge in [0, 0.05) is 5.39 Å². The van der Waals surface area contributed by atoms with E-state index in [1.165, 1.54) is 12.1 Å². The van der Waals surface area contributed by atoms with Crippen molar-refractivity contribution in [1.82, 2.24) is 0 Å². The molecule has 0 aromatic heterocycles. The standard InChI is InChI=1S/C26H26N2O4S2/c1-17-9-7-10-18(2)25(17)27-33(29,30)22-15-21-13-5-6-14-23(21)24(16-22)34(31,32)28-26-19(3)11-8-12-20(26)4/h5-16,27-28H,1-4H3. The summed E-state index contributed by atoms with van der Waals surface area (Å²) in [5.74, 6) is 0. The first-order chi connectivity index (χ1) is 16.0. The SMILES string of the molecule is Cc1cccc(C)c1NS(=O)(=O)c1cc(S(=O)(=O)Nc2c(C)cccc2C)c2ccccc2c1. The number of rotatable bonds is 6. The van der Waals surface area contributed by atoms with Crippen molar-refractivity contribution < 1.29 is 16.8 Å². The van der Waals surface area contributed by atoms with Gasteiger partial charge in [0.15, 0.2) is 0 Å². The van der Waals surface area contributed by atoms with E-state index in [9.17, 15) is 16.8 Å². The molecule has 176 valence electrons. The van der Waals surface area contributed by atoms with Crippen molar-refractivity contribution in [2.45, 2.75) is 37.5 Å². The summed E-state index contributed by atoms with van der Waals surface area (Å²) in [5, 5.41) is 0.945. The molecule has 4 aromatic rings. The highest BCUT2D eigenvalue weighted by Crippen LogP contribution is 2.32. The molecule has 4 aromatic carbocycles. The van der Waals surface area contributed by atoms with Crippen LogP contribution >= 0.6 is 0 Å². The Balaban J connectivity index is 1.87. The van der Waals surface area contributed by atoms with E-state index in [0.717, 1.165) is 22.3 Å². The summed E-state index contributed by atoms with van der Waals surface area (Å²) in [5.41, 5.74) is 4.05. The van der Waals surface area contributed by atoms with Gasteiger partial charge in [0.1, 0.15) is 0 Å². The number of sulfonamides is 2. The fourth-order valence-electron chi connectivity index (χ4n) is 3.96. The minimum absolute atomic E-state index is 0.102. The summed E-state index contributed by atoms with van der Waals surface area (Å²) in [7, 11) is -8.16. The largest absolute Gasteiger partial charge is 0.279 e. The molecule has 0 atom stereocenters. The average Bonchev–Trinajstić information content (AvgIpc) is 2.78. The highest BCUT2D eigenvalue weighted by molar-refractivity contribution is 7.93. The van der Waals surface area contributed by atoms with Crippen LogP contribution < -0.4 is 9.44 Å². The summed E-state index contributed by atoms with van der Waals surface area (Å²) >= 11 is 0. The third kappa shape index (κ3) is 4.51. The van der Waals surface area contributed by atoms with E-state index >= 15 is 0 Å². The molecule has 6 nitrogen and oxygen atoms in total. The van der Waals surface area contributed by atoms with Crippen LogP contribution in [-0.2, 0) is 20.0 Å². The maximum absolute atomic E-state index is 13.5. The predicted octanol–water partition coefficient (Wildman–Crippen LogP) is 5.68. The molecule has 0 amide bonds. The molecular formula is C26H26N2O4S2. The molecule has 0 saturated carbocycles. The molecule has 0 heterocycles. The van der Waals surface area contributed by atoms with Gasteiger partial charge in [-0.3, -0.25) is 9.44 Å². The Labute approximate surface area is 200 Å². The zero-order valence-corrected chi connectivity index (χ0v) is 21.0. The fraction of sp³-hybridized carbons (Fsp3) is 0.154. The lowest BCUT2D eigenvalue weighted by atomic mass is 10.1. The number of para-hydroxylation sites is 2. The maximum atomic E-state index is 13.5. The monoisotopic (exact) mass is 494 g/mol. The molecule has 0 aliphatic rings. The molecule has 4 rings (SSSR count). The van der Waals surface area contributed by atoms with Crippen LogP contribution in [0.4, 0.5) is 11.4 Å². The summed E-state index contributed by atoms with van der Waals surface area (Å²) < 4.78 is 59.1. The van der Waals surface area contributed by atoms with Gasteiger partial charge < -0.3 is 0 Å². The van der Waals surface area contributed by atoms with Crippen molar-refractivity contribution >= 4 is 42.2 Å². The lowest BCUT2D eigenvalue weighted by Crippen LogP contribution is -2.18. The van der Waals surface area contributed by atoms with Crippen molar-refractivity contribution in [1.29, 1.82) is 0 Å². The van der Waals surface area contributed by atoms with E-state index in [2.05, 4.69) is 9.44 Å². The Morgan fingerprint density at radius 1 is 0.559 bits per heavy atom. The topological polar surface area (TPSA) is 92.3 Å². The first-order valence-electron chi connectivity index (χ1n) is 10.7. The third-order valence-corrected chi connectivity index (χ3v) is 8.55. The smallest absolute Gasteiger partial charge is 0.262 e. The Kier molecular flexibility index (Phi) is 6.14. The summed E-state index contributed by atoms with van der Waals surface area (Å²) in [4.78, 5) is -0.231. The number of hydrogen-bond acceptors (Lipinski definition) is 4. The van der Waals surface area contributed by atoms with Gasteiger partial charge in [-0.05, 0) is 67.5 Å². The number of nitrogens with one attached hydrogen (secondary N) is 2. The van der Waals surface area contributed by atoms with Gasteiger partial charge >= 0.3 is 0 Å². The summed E-state index contributed by atoms with van der Waals surface area (Å²) in [6.07, 6.45) is 0. The highest BCUT2D eigenvalue weighted by atomic mass is 32.2. The van der Waals surface area contributed by atoms with E-state index in [4.69, 9.17) is 0 Å². The van der Waals surface area contributed by atoms with Crippen molar-refractivity contribution in [3.63, 3.8) is 0 Å². The van der Waals surface area contributed by atoms with E-state index in [1.807, 2.05) is 64.1 Å². The third-order valence-electron chi connectivity index (χ3n) is 5.83. The van der Waals surface area contributed by atoms with E-state index in [1.54, 1.807) is 24.3 Å². The van der Waals surface area contributed by atoms with E-state index in [-0.39, 0.29) is 9.79 Å². The summed E-state index contributed by atoms with van der Waals surface area (Å²) in [6, 6.07) is 20.5. The minimum Gasteiger partial charge on any atom is -0.279 e. The number of hydrogen-bond donors (Lipinski definition) is 2. The quantitative estimate of drug-likeness (QED) is 0.361. The second kappa shape index (κ2) is 8.77. The fourth-order valence-corrected chi connectivity index (χ4v) is 6.76. The van der Waals surface area contributed by atoms with Crippen LogP contribution in [0.15, 0.2) is 82.6 Å². The molecule has 34 heavy (non-hydrogen) atoms. The molecule has 0 bridgehead atoms. The maximum Gasteiger partial charge on any atom is 0.262 e. The van der Waals surface area contributed by atoms with Gasteiger partial charge in [0.05, 0.1) is 21.2 Å². The minimum atomic E-state index is -4.10. The van der Waals surface area contributed by atoms with Gasteiger partial charge in [-0.25, -0.2) is 16.8 Å². The van der Waals surface area contributed by atoms with Crippen molar-refractivity contribution in [3.05, 3.63) is 95.1 Å². The van der Waals surface area contributed by atoms with Gasteiger partial charge in [-0.2, -0.15) is 0 Å².